The maximum Gasteiger partial charge on any atom is 0.316 e. The van der Waals surface area contributed by atoms with E-state index in [-0.39, 0.29) is 11.3 Å². The Morgan fingerprint density at radius 2 is 1.62 bits per heavy atom. The molecule has 0 atom stereocenters. The van der Waals surface area contributed by atoms with E-state index in [1.54, 1.807) is 18.2 Å². The predicted octanol–water partition coefficient (Wildman–Crippen LogP) is 1.11. The molecule has 0 spiro atoms. The highest BCUT2D eigenvalue weighted by Gasteiger charge is 2.27. The molecule has 0 radical (unpaired) electrons. The molecule has 0 saturated heterocycles. The third-order valence-electron chi connectivity index (χ3n) is 4.04. The average Bonchev–Trinajstić information content (AvgIpc) is 2.60. The number of nitrogens with two attached hydrogens (primary N) is 1. The maximum absolute atomic E-state index is 12.3. The van der Waals surface area contributed by atoms with Crippen LogP contribution in [-0.2, 0) is 22.6 Å². The Bertz CT molecular complexity index is 817. The maximum atomic E-state index is 12.3. The van der Waals surface area contributed by atoms with Gasteiger partial charge in [-0.25, -0.2) is 0 Å². The van der Waals surface area contributed by atoms with Gasteiger partial charge in [-0.3, -0.25) is 19.7 Å². The van der Waals surface area contributed by atoms with E-state index in [0.29, 0.717) is 19.5 Å². The van der Waals surface area contributed by atoms with E-state index < -0.39 is 17.7 Å². The first-order valence-electron chi connectivity index (χ1n) is 7.62. The number of hydrogen-bond acceptors (Lipinski definition) is 4. The van der Waals surface area contributed by atoms with Gasteiger partial charge in [-0.1, -0.05) is 36.4 Å². The predicted molar refractivity (Wildman–Crippen MR) is 88.9 cm³/mol. The van der Waals surface area contributed by atoms with Crippen molar-refractivity contribution in [1.29, 1.82) is 0 Å². The lowest BCUT2D eigenvalue weighted by Crippen LogP contribution is -2.46. The van der Waals surface area contributed by atoms with Crippen molar-refractivity contribution in [2.24, 2.45) is 0 Å². The molecule has 0 unspecified atom stereocenters. The van der Waals surface area contributed by atoms with E-state index in [2.05, 4.69) is 5.32 Å². The molecule has 0 saturated carbocycles. The number of carbonyl (C=O) groups excluding carboxylic acids is 3. The molecular weight excluding hydrogens is 306 g/mol. The van der Waals surface area contributed by atoms with Crippen LogP contribution in [0.3, 0.4) is 0 Å². The van der Waals surface area contributed by atoms with Crippen LogP contribution in [0.5, 0.6) is 0 Å². The molecule has 2 aromatic rings. The molecule has 3 N–H and O–H groups in total. The zero-order chi connectivity index (χ0) is 17.1. The SMILES string of the molecule is Nc1ccccc1C(=O)NC(=O)C(=O)N1CCc2ccccc2C1. The van der Waals surface area contributed by atoms with Crippen molar-refractivity contribution in [2.75, 3.05) is 12.3 Å². The molecule has 2 aromatic carbocycles. The molecule has 0 bridgehead atoms. The zero-order valence-electron chi connectivity index (χ0n) is 13.0. The lowest BCUT2D eigenvalue weighted by molar-refractivity contribution is -0.146. The molecule has 1 aliphatic rings. The molecule has 0 fully saturated rings. The van der Waals surface area contributed by atoms with Gasteiger partial charge in [-0.05, 0) is 29.7 Å². The first-order valence-corrected chi connectivity index (χ1v) is 7.62. The van der Waals surface area contributed by atoms with Crippen molar-refractivity contribution in [2.45, 2.75) is 13.0 Å². The van der Waals surface area contributed by atoms with Crippen molar-refractivity contribution < 1.29 is 14.4 Å². The number of anilines is 1. The van der Waals surface area contributed by atoms with Gasteiger partial charge in [-0.15, -0.1) is 0 Å². The van der Waals surface area contributed by atoms with E-state index >= 15 is 0 Å². The lowest BCUT2D eigenvalue weighted by atomic mass is 10.00. The van der Waals surface area contributed by atoms with Crippen molar-refractivity contribution in [1.82, 2.24) is 10.2 Å². The Morgan fingerprint density at radius 1 is 0.958 bits per heavy atom. The second-order valence-electron chi connectivity index (χ2n) is 5.62. The van der Waals surface area contributed by atoms with E-state index in [4.69, 9.17) is 5.73 Å². The third-order valence-corrected chi connectivity index (χ3v) is 4.04. The number of imide groups is 1. The summed E-state index contributed by atoms with van der Waals surface area (Å²) in [5.74, 6) is -2.33. The second kappa shape index (κ2) is 6.54. The number of nitrogens with one attached hydrogen (secondary N) is 1. The molecule has 122 valence electrons. The largest absolute Gasteiger partial charge is 0.398 e. The van der Waals surface area contributed by atoms with Crippen LogP contribution in [0.4, 0.5) is 5.69 Å². The minimum Gasteiger partial charge on any atom is -0.398 e. The number of benzene rings is 2. The summed E-state index contributed by atoms with van der Waals surface area (Å²) in [6.07, 6.45) is 0.689. The van der Waals surface area contributed by atoms with Crippen LogP contribution in [0.25, 0.3) is 0 Å². The fourth-order valence-electron chi connectivity index (χ4n) is 2.74. The quantitative estimate of drug-likeness (QED) is 0.607. The summed E-state index contributed by atoms with van der Waals surface area (Å²) >= 11 is 0. The molecular formula is C18H17N3O3. The molecule has 24 heavy (non-hydrogen) atoms. The monoisotopic (exact) mass is 323 g/mol. The Morgan fingerprint density at radius 3 is 2.38 bits per heavy atom. The number of carbonyl (C=O) groups is 3. The van der Waals surface area contributed by atoms with Crippen molar-refractivity contribution in [3.05, 3.63) is 65.2 Å². The van der Waals surface area contributed by atoms with E-state index in [1.807, 2.05) is 24.3 Å². The van der Waals surface area contributed by atoms with Crippen LogP contribution < -0.4 is 11.1 Å². The van der Waals surface area contributed by atoms with Gasteiger partial charge in [0.25, 0.3) is 5.91 Å². The van der Waals surface area contributed by atoms with Crippen molar-refractivity contribution in [3.63, 3.8) is 0 Å². The molecule has 6 heteroatoms. The summed E-state index contributed by atoms with van der Waals surface area (Å²) < 4.78 is 0. The summed E-state index contributed by atoms with van der Waals surface area (Å²) in [5, 5.41) is 2.11. The van der Waals surface area contributed by atoms with Gasteiger partial charge in [0, 0.05) is 18.8 Å². The standard InChI is InChI=1S/C18H17N3O3/c19-15-8-4-3-7-14(15)16(22)20-17(23)18(24)21-10-9-12-5-1-2-6-13(12)11-21/h1-8H,9-11,19H2,(H,20,22,23). The number of nitrogens with zero attached hydrogens (tertiary/aromatic N) is 1. The number of para-hydroxylation sites is 1. The highest BCUT2D eigenvalue weighted by Crippen LogP contribution is 2.18. The fraction of sp³-hybridized carbons (Fsp3) is 0.167. The molecule has 6 nitrogen and oxygen atoms in total. The first-order chi connectivity index (χ1) is 11.6. The molecule has 3 amide bonds. The molecule has 3 rings (SSSR count). The van der Waals surface area contributed by atoms with Crippen LogP contribution in [0.15, 0.2) is 48.5 Å². The van der Waals surface area contributed by atoms with Crippen LogP contribution in [-0.4, -0.2) is 29.2 Å². The van der Waals surface area contributed by atoms with Gasteiger partial charge in [0.15, 0.2) is 0 Å². The number of fused-ring (bicyclic) bond motifs is 1. The minimum atomic E-state index is -0.942. The minimum absolute atomic E-state index is 0.169. The highest BCUT2D eigenvalue weighted by atomic mass is 16.2. The molecule has 0 aromatic heterocycles. The van der Waals surface area contributed by atoms with Gasteiger partial charge in [0.2, 0.25) is 0 Å². The summed E-state index contributed by atoms with van der Waals surface area (Å²) in [7, 11) is 0. The van der Waals surface area contributed by atoms with Crippen molar-refractivity contribution in [3.8, 4) is 0 Å². The van der Waals surface area contributed by atoms with Gasteiger partial charge in [0.05, 0.1) is 5.56 Å². The Labute approximate surface area is 139 Å². The van der Waals surface area contributed by atoms with Gasteiger partial charge < -0.3 is 10.6 Å². The lowest BCUT2D eigenvalue weighted by Gasteiger charge is -2.28. The Balaban J connectivity index is 1.67. The van der Waals surface area contributed by atoms with Crippen molar-refractivity contribution >= 4 is 23.4 Å². The van der Waals surface area contributed by atoms with Gasteiger partial charge in [0.1, 0.15) is 0 Å². The number of hydrogen-bond donors (Lipinski definition) is 2. The normalized spacial score (nSPS) is 13.1. The van der Waals surface area contributed by atoms with Crippen LogP contribution in [0.1, 0.15) is 21.5 Å². The van der Waals surface area contributed by atoms with Crippen LogP contribution >= 0.6 is 0 Å². The Kier molecular flexibility index (Phi) is 4.29. The van der Waals surface area contributed by atoms with E-state index in [0.717, 1.165) is 5.56 Å². The van der Waals surface area contributed by atoms with E-state index in [9.17, 15) is 14.4 Å². The number of nitrogen functional groups attached to an aromatic ring is 1. The summed E-state index contributed by atoms with van der Waals surface area (Å²) in [5.41, 5.74) is 8.32. The highest BCUT2D eigenvalue weighted by molar-refractivity contribution is 6.38. The molecule has 1 aliphatic heterocycles. The van der Waals surface area contributed by atoms with Gasteiger partial charge >= 0.3 is 11.8 Å². The van der Waals surface area contributed by atoms with Crippen LogP contribution in [0, 0.1) is 0 Å². The first kappa shape index (κ1) is 15.7. The topological polar surface area (TPSA) is 92.5 Å². The summed E-state index contributed by atoms with van der Waals surface area (Å²) in [6.45, 7) is 0.815. The van der Waals surface area contributed by atoms with Gasteiger partial charge in [-0.2, -0.15) is 0 Å². The van der Waals surface area contributed by atoms with E-state index in [1.165, 1.54) is 16.5 Å². The molecule has 0 aliphatic carbocycles. The molecule has 1 heterocycles. The second-order valence-corrected chi connectivity index (χ2v) is 5.62. The average molecular weight is 323 g/mol. The third kappa shape index (κ3) is 3.12. The van der Waals surface area contributed by atoms with Crippen LogP contribution in [0.2, 0.25) is 0 Å². The number of amides is 3. The summed E-state index contributed by atoms with van der Waals surface area (Å²) in [4.78, 5) is 37.9. The zero-order valence-corrected chi connectivity index (χ0v) is 13.0. The Hall–Kier alpha value is -3.15. The number of rotatable bonds is 1. The smallest absolute Gasteiger partial charge is 0.316 e. The summed E-state index contributed by atoms with van der Waals surface area (Å²) in [6, 6.07) is 14.2. The fourth-order valence-corrected chi connectivity index (χ4v) is 2.74.